The zero-order valence-electron chi connectivity index (χ0n) is 12.6. The Morgan fingerprint density at radius 2 is 1.81 bits per heavy atom. The molecule has 0 unspecified atom stereocenters. The van der Waals surface area contributed by atoms with E-state index in [2.05, 4.69) is 5.32 Å². The van der Waals surface area contributed by atoms with Gasteiger partial charge in [0.25, 0.3) is 0 Å². The lowest BCUT2D eigenvalue weighted by atomic mass is 9.94. The molecule has 0 aliphatic carbocycles. The van der Waals surface area contributed by atoms with Crippen molar-refractivity contribution in [2.45, 2.75) is 20.4 Å². The lowest BCUT2D eigenvalue weighted by molar-refractivity contribution is 0.0697. The molecule has 0 aliphatic heterocycles. The molecule has 3 N–H and O–H groups in total. The molecule has 0 fully saturated rings. The van der Waals surface area contributed by atoms with E-state index in [-0.39, 0.29) is 23.6 Å². The van der Waals surface area contributed by atoms with Crippen LogP contribution in [0, 0.1) is 5.41 Å². The fourth-order valence-electron chi connectivity index (χ4n) is 1.84. The zero-order valence-corrected chi connectivity index (χ0v) is 12.6. The molecule has 116 valence electrons. The van der Waals surface area contributed by atoms with E-state index in [1.165, 1.54) is 17.0 Å². The lowest BCUT2D eigenvalue weighted by Crippen LogP contribution is -2.42. The topological polar surface area (TPSA) is 89.9 Å². The van der Waals surface area contributed by atoms with Crippen LogP contribution >= 0.6 is 0 Å². The number of aliphatic hydroxyl groups is 1. The number of aliphatic hydroxyl groups excluding tert-OH is 1. The Balaban J connectivity index is 2.50. The Morgan fingerprint density at radius 1 is 1.24 bits per heavy atom. The average molecular weight is 294 g/mol. The summed E-state index contributed by atoms with van der Waals surface area (Å²) in [7, 11) is 1.67. The number of hydrogen-bond acceptors (Lipinski definition) is 3. The summed E-state index contributed by atoms with van der Waals surface area (Å²) in [6.07, 6.45) is 0. The van der Waals surface area contributed by atoms with Crippen LogP contribution in [0.5, 0.6) is 0 Å². The first-order valence-corrected chi connectivity index (χ1v) is 6.67. The second kappa shape index (κ2) is 7.08. The number of nitrogens with one attached hydrogen (secondary N) is 1. The first-order valence-electron chi connectivity index (χ1n) is 6.67. The van der Waals surface area contributed by atoms with E-state index in [1.54, 1.807) is 19.2 Å². The van der Waals surface area contributed by atoms with Crippen molar-refractivity contribution in [2.24, 2.45) is 5.41 Å². The van der Waals surface area contributed by atoms with Gasteiger partial charge >= 0.3 is 12.0 Å². The van der Waals surface area contributed by atoms with Crippen LogP contribution < -0.4 is 5.32 Å². The molecule has 21 heavy (non-hydrogen) atoms. The fraction of sp³-hybridized carbons (Fsp3) is 0.467. The van der Waals surface area contributed by atoms with Gasteiger partial charge in [0.1, 0.15) is 0 Å². The minimum atomic E-state index is -0.975. The average Bonchev–Trinajstić information content (AvgIpc) is 2.44. The molecular weight excluding hydrogens is 272 g/mol. The molecule has 0 saturated carbocycles. The van der Waals surface area contributed by atoms with Crippen molar-refractivity contribution < 1.29 is 19.8 Å². The molecule has 0 aromatic heterocycles. The summed E-state index contributed by atoms with van der Waals surface area (Å²) in [4.78, 5) is 24.2. The largest absolute Gasteiger partial charge is 0.478 e. The number of aromatic carboxylic acids is 1. The maximum Gasteiger partial charge on any atom is 0.335 e. The minimum Gasteiger partial charge on any atom is -0.478 e. The molecule has 6 nitrogen and oxygen atoms in total. The summed E-state index contributed by atoms with van der Waals surface area (Å²) in [5, 5.41) is 20.8. The van der Waals surface area contributed by atoms with Crippen LogP contribution in [-0.4, -0.2) is 47.3 Å². The van der Waals surface area contributed by atoms with Gasteiger partial charge in [-0.2, -0.15) is 0 Å². The predicted molar refractivity (Wildman–Crippen MR) is 79.1 cm³/mol. The zero-order chi connectivity index (χ0) is 16.0. The van der Waals surface area contributed by atoms with Crippen molar-refractivity contribution in [3.05, 3.63) is 35.4 Å². The van der Waals surface area contributed by atoms with Crippen molar-refractivity contribution in [1.29, 1.82) is 0 Å². The molecular formula is C15H22N2O4. The number of urea groups is 1. The number of carbonyl (C=O) groups excluding carboxylic acids is 1. The van der Waals surface area contributed by atoms with E-state index in [0.29, 0.717) is 13.1 Å². The summed E-state index contributed by atoms with van der Waals surface area (Å²) in [5.74, 6) is -0.975. The number of carboxylic acids is 1. The van der Waals surface area contributed by atoms with Crippen LogP contribution in [0.25, 0.3) is 0 Å². The van der Waals surface area contributed by atoms with Crippen LogP contribution in [0.2, 0.25) is 0 Å². The highest BCUT2D eigenvalue weighted by molar-refractivity contribution is 5.87. The smallest absolute Gasteiger partial charge is 0.335 e. The highest BCUT2D eigenvalue weighted by atomic mass is 16.4. The van der Waals surface area contributed by atoms with Gasteiger partial charge in [-0.25, -0.2) is 9.59 Å². The second-order valence-electron chi connectivity index (χ2n) is 5.84. The maximum atomic E-state index is 11.9. The molecule has 1 aromatic rings. The number of carbonyl (C=O) groups is 2. The monoisotopic (exact) mass is 294 g/mol. The van der Waals surface area contributed by atoms with E-state index >= 15 is 0 Å². The van der Waals surface area contributed by atoms with Gasteiger partial charge in [-0.3, -0.25) is 0 Å². The Bertz CT molecular complexity index is 497. The lowest BCUT2D eigenvalue weighted by Gasteiger charge is -2.28. The number of benzene rings is 1. The predicted octanol–water partition coefficient (Wildman–Crippen LogP) is 1.54. The Kier molecular flexibility index (Phi) is 5.72. The normalized spacial score (nSPS) is 11.0. The Morgan fingerprint density at radius 3 is 2.29 bits per heavy atom. The van der Waals surface area contributed by atoms with Gasteiger partial charge in [0.2, 0.25) is 0 Å². The second-order valence-corrected chi connectivity index (χ2v) is 5.84. The third-order valence-corrected chi connectivity index (χ3v) is 3.08. The van der Waals surface area contributed by atoms with Crippen molar-refractivity contribution in [1.82, 2.24) is 10.2 Å². The standard InChI is InChI=1S/C15H22N2O4/c1-15(2,10-18)9-17(3)14(21)16-8-11-4-6-12(7-5-11)13(19)20/h4-7,18H,8-10H2,1-3H3,(H,16,21)(H,19,20). The van der Waals surface area contributed by atoms with Gasteiger partial charge in [0.05, 0.1) is 5.56 Å². The van der Waals surface area contributed by atoms with Crippen molar-refractivity contribution >= 4 is 12.0 Å². The summed E-state index contributed by atoms with van der Waals surface area (Å²) in [6.45, 7) is 4.51. The molecule has 0 radical (unpaired) electrons. The van der Waals surface area contributed by atoms with Crippen molar-refractivity contribution in [2.75, 3.05) is 20.2 Å². The first-order chi connectivity index (χ1) is 9.75. The Labute approximate surface area is 124 Å². The molecule has 1 aromatic carbocycles. The number of nitrogens with zero attached hydrogens (tertiary/aromatic N) is 1. The van der Waals surface area contributed by atoms with Gasteiger partial charge in [-0.1, -0.05) is 26.0 Å². The van der Waals surface area contributed by atoms with E-state index in [9.17, 15) is 14.7 Å². The number of carboxylic acid groups (broad SMARTS) is 1. The van der Waals surface area contributed by atoms with Crippen LogP contribution in [0.15, 0.2) is 24.3 Å². The molecule has 6 heteroatoms. The highest BCUT2D eigenvalue weighted by Gasteiger charge is 2.21. The van der Waals surface area contributed by atoms with Gasteiger partial charge < -0.3 is 20.4 Å². The van der Waals surface area contributed by atoms with E-state index in [4.69, 9.17) is 5.11 Å². The molecule has 0 spiro atoms. The third-order valence-electron chi connectivity index (χ3n) is 3.08. The summed E-state index contributed by atoms with van der Waals surface area (Å²) in [6, 6.07) is 6.10. The number of amides is 2. The molecule has 0 saturated heterocycles. The number of rotatable bonds is 6. The summed E-state index contributed by atoms with van der Waals surface area (Å²) in [5.41, 5.74) is 0.685. The van der Waals surface area contributed by atoms with Crippen LogP contribution in [0.1, 0.15) is 29.8 Å². The third kappa shape index (κ3) is 5.43. The van der Waals surface area contributed by atoms with Crippen LogP contribution in [0.4, 0.5) is 4.79 Å². The number of hydrogen-bond donors (Lipinski definition) is 3. The SMILES string of the molecule is CN(CC(C)(C)CO)C(=O)NCc1ccc(C(=O)O)cc1. The fourth-order valence-corrected chi connectivity index (χ4v) is 1.84. The van der Waals surface area contributed by atoms with Gasteiger partial charge in [-0.05, 0) is 17.7 Å². The van der Waals surface area contributed by atoms with E-state index in [1.807, 2.05) is 13.8 Å². The van der Waals surface area contributed by atoms with Crippen LogP contribution in [0.3, 0.4) is 0 Å². The minimum absolute atomic E-state index is 0.00126. The molecule has 0 atom stereocenters. The van der Waals surface area contributed by atoms with E-state index in [0.717, 1.165) is 5.56 Å². The maximum absolute atomic E-state index is 11.9. The van der Waals surface area contributed by atoms with Crippen molar-refractivity contribution in [3.8, 4) is 0 Å². The molecule has 2 amide bonds. The van der Waals surface area contributed by atoms with Crippen LogP contribution in [-0.2, 0) is 6.54 Å². The van der Waals surface area contributed by atoms with Crippen molar-refractivity contribution in [3.63, 3.8) is 0 Å². The van der Waals surface area contributed by atoms with E-state index < -0.39 is 5.97 Å². The molecule has 0 aliphatic rings. The quantitative estimate of drug-likeness (QED) is 0.742. The summed E-state index contributed by atoms with van der Waals surface area (Å²) >= 11 is 0. The molecule has 0 bridgehead atoms. The molecule has 1 rings (SSSR count). The van der Waals surface area contributed by atoms with Gasteiger partial charge in [0, 0.05) is 32.2 Å². The summed E-state index contributed by atoms with van der Waals surface area (Å²) < 4.78 is 0. The molecule has 0 heterocycles. The highest BCUT2D eigenvalue weighted by Crippen LogP contribution is 2.14. The van der Waals surface area contributed by atoms with Gasteiger partial charge in [-0.15, -0.1) is 0 Å². The first kappa shape index (κ1) is 17.0. The van der Waals surface area contributed by atoms with Gasteiger partial charge in [0.15, 0.2) is 0 Å². The Hall–Kier alpha value is -2.08.